The zero-order valence-corrected chi connectivity index (χ0v) is 14.6. The highest BCUT2D eigenvalue weighted by molar-refractivity contribution is 7.16. The van der Waals surface area contributed by atoms with Gasteiger partial charge in [-0.3, -0.25) is 14.2 Å². The number of aromatic nitrogens is 3. The Kier molecular flexibility index (Phi) is 4.55. The van der Waals surface area contributed by atoms with E-state index in [9.17, 15) is 9.59 Å². The van der Waals surface area contributed by atoms with Crippen molar-refractivity contribution in [1.29, 1.82) is 0 Å². The molecule has 24 heavy (non-hydrogen) atoms. The van der Waals surface area contributed by atoms with E-state index in [4.69, 9.17) is 15.2 Å². The fraction of sp³-hybridized carbons (Fsp3) is 0.600. The van der Waals surface area contributed by atoms with Crippen molar-refractivity contribution in [3.05, 3.63) is 15.9 Å². The Morgan fingerprint density at radius 2 is 2.21 bits per heavy atom. The molecule has 3 heterocycles. The lowest BCUT2D eigenvalue weighted by molar-refractivity contribution is -0.153. The number of carbonyl (C=O) groups is 1. The van der Waals surface area contributed by atoms with E-state index in [2.05, 4.69) is 9.97 Å². The molecule has 2 aromatic heterocycles. The molecule has 0 amide bonds. The zero-order valence-electron chi connectivity index (χ0n) is 13.8. The van der Waals surface area contributed by atoms with E-state index in [1.165, 1.54) is 17.7 Å². The topological polar surface area (TPSA) is 109 Å². The number of anilines is 1. The molecule has 0 aliphatic carbocycles. The quantitative estimate of drug-likeness (QED) is 0.834. The molecule has 8 nitrogen and oxygen atoms in total. The van der Waals surface area contributed by atoms with Gasteiger partial charge in [0.2, 0.25) is 5.95 Å². The maximum Gasteiger partial charge on any atom is 0.311 e. The van der Waals surface area contributed by atoms with Gasteiger partial charge in [0.15, 0.2) is 18.0 Å². The molecule has 130 valence electrons. The summed E-state index contributed by atoms with van der Waals surface area (Å²) in [7, 11) is 0. The van der Waals surface area contributed by atoms with Crippen LogP contribution in [0.15, 0.2) is 11.0 Å². The number of nitrogens with zero attached hydrogens (tertiary/aromatic N) is 3. The van der Waals surface area contributed by atoms with Gasteiger partial charge in [-0.1, -0.05) is 25.2 Å². The molecule has 0 saturated carbocycles. The summed E-state index contributed by atoms with van der Waals surface area (Å²) in [6, 6.07) is 0. The summed E-state index contributed by atoms with van der Waals surface area (Å²) in [5, 5.41) is 0. The highest BCUT2D eigenvalue weighted by atomic mass is 32.1. The molecule has 0 aromatic carbocycles. The van der Waals surface area contributed by atoms with Crippen LogP contribution in [-0.4, -0.2) is 32.7 Å². The third-order valence-corrected chi connectivity index (χ3v) is 5.18. The number of thiazole rings is 1. The van der Waals surface area contributed by atoms with Crippen molar-refractivity contribution in [2.75, 3.05) is 5.73 Å². The number of carbonyl (C=O) groups excluding carboxylic acids is 1. The molecular weight excluding hydrogens is 332 g/mol. The number of rotatable bonds is 4. The Bertz CT molecular complexity index is 817. The molecule has 3 rings (SSSR count). The molecule has 0 radical (unpaired) electrons. The molecule has 0 spiro atoms. The Morgan fingerprint density at radius 1 is 1.46 bits per heavy atom. The number of ether oxygens (including phenoxy) is 2. The molecule has 2 aromatic rings. The van der Waals surface area contributed by atoms with Crippen LogP contribution in [0.5, 0.6) is 0 Å². The molecular formula is C15H20N4O4S. The van der Waals surface area contributed by atoms with Crippen molar-refractivity contribution in [3.8, 4) is 0 Å². The van der Waals surface area contributed by atoms with Gasteiger partial charge in [0.1, 0.15) is 0 Å². The van der Waals surface area contributed by atoms with E-state index in [0.717, 1.165) is 24.2 Å². The Labute approximate surface area is 142 Å². The Morgan fingerprint density at radius 3 is 2.83 bits per heavy atom. The third kappa shape index (κ3) is 2.78. The second-order valence-corrected chi connectivity index (χ2v) is 6.77. The third-order valence-electron chi connectivity index (χ3n) is 4.30. The number of nitrogens with two attached hydrogens (primary N) is 1. The van der Waals surface area contributed by atoms with E-state index < -0.39 is 18.3 Å². The molecule has 2 N–H and O–H groups in total. The zero-order chi connectivity index (χ0) is 17.4. The maximum atomic E-state index is 12.5. The summed E-state index contributed by atoms with van der Waals surface area (Å²) in [5.41, 5.74) is 6.07. The van der Waals surface area contributed by atoms with Gasteiger partial charge in [-0.05, 0) is 12.8 Å². The van der Waals surface area contributed by atoms with Gasteiger partial charge in [0.25, 0.3) is 0 Å². The van der Waals surface area contributed by atoms with Crippen LogP contribution < -0.4 is 10.6 Å². The van der Waals surface area contributed by atoms with Crippen molar-refractivity contribution < 1.29 is 14.3 Å². The van der Waals surface area contributed by atoms with Gasteiger partial charge < -0.3 is 15.2 Å². The van der Waals surface area contributed by atoms with Gasteiger partial charge in [-0.2, -0.15) is 4.98 Å². The van der Waals surface area contributed by atoms with Crippen molar-refractivity contribution in [2.24, 2.45) is 5.92 Å². The number of nitrogen functional groups attached to an aromatic ring is 1. The first kappa shape index (κ1) is 16.8. The van der Waals surface area contributed by atoms with E-state index in [1.54, 1.807) is 0 Å². The SMILES string of the molecule is CC[C@H]1[C@@H](OC(C)=O)[C@H](n2c(=O)sc3cnc(N)nc32)O[C@@H]1CC. The van der Waals surface area contributed by atoms with Gasteiger partial charge in [-0.25, -0.2) is 4.98 Å². The minimum atomic E-state index is -0.709. The monoisotopic (exact) mass is 352 g/mol. The summed E-state index contributed by atoms with van der Waals surface area (Å²) in [5.74, 6) is -0.300. The molecule has 1 aliphatic rings. The Balaban J connectivity index is 2.12. The van der Waals surface area contributed by atoms with Crippen LogP contribution in [-0.2, 0) is 14.3 Å². The first-order chi connectivity index (χ1) is 11.5. The summed E-state index contributed by atoms with van der Waals surface area (Å²) < 4.78 is 13.7. The maximum absolute atomic E-state index is 12.5. The van der Waals surface area contributed by atoms with Gasteiger partial charge >= 0.3 is 10.8 Å². The lowest BCUT2D eigenvalue weighted by Gasteiger charge is -2.23. The fourth-order valence-corrected chi connectivity index (χ4v) is 4.11. The van der Waals surface area contributed by atoms with E-state index in [1.807, 2.05) is 13.8 Å². The Hall–Kier alpha value is -2.00. The summed E-state index contributed by atoms with van der Waals surface area (Å²) in [6.45, 7) is 5.39. The van der Waals surface area contributed by atoms with Gasteiger partial charge in [0, 0.05) is 12.8 Å². The highest BCUT2D eigenvalue weighted by Gasteiger charge is 2.47. The standard InChI is InChI=1S/C15H20N4O4S/c1-4-8-9(5-2)23-13(11(8)22-7(3)20)19-12-10(24-15(19)21)6-17-14(16)18-12/h6,8-9,11,13H,4-5H2,1-3H3,(H2,16,17,18)/t8-,9-,11-,13-/m1/s1. The summed E-state index contributed by atoms with van der Waals surface area (Å²) in [4.78, 5) is 31.9. The largest absolute Gasteiger partial charge is 0.457 e. The van der Waals surface area contributed by atoms with Crippen LogP contribution in [0.1, 0.15) is 39.8 Å². The smallest absolute Gasteiger partial charge is 0.311 e. The second-order valence-electron chi connectivity index (χ2n) is 5.77. The number of hydrogen-bond acceptors (Lipinski definition) is 8. The lowest BCUT2D eigenvalue weighted by Crippen LogP contribution is -2.33. The molecule has 4 atom stereocenters. The molecule has 9 heteroatoms. The van der Waals surface area contributed by atoms with Crippen LogP contribution in [0.25, 0.3) is 10.3 Å². The second kappa shape index (κ2) is 6.48. The highest BCUT2D eigenvalue weighted by Crippen LogP contribution is 2.40. The van der Waals surface area contributed by atoms with E-state index in [0.29, 0.717) is 10.3 Å². The average molecular weight is 352 g/mol. The average Bonchev–Trinajstić information content (AvgIpc) is 3.02. The summed E-state index contributed by atoms with van der Waals surface area (Å²) >= 11 is 1.02. The predicted octanol–water partition coefficient (Wildman–Crippen LogP) is 1.70. The molecule has 1 aliphatic heterocycles. The van der Waals surface area contributed by atoms with Crippen LogP contribution in [0.2, 0.25) is 0 Å². The van der Waals surface area contributed by atoms with Crippen molar-refractivity contribution in [2.45, 2.75) is 52.0 Å². The normalized spacial score (nSPS) is 26.8. The molecule has 0 unspecified atom stereocenters. The summed E-state index contributed by atoms with van der Waals surface area (Å²) in [6.07, 6.45) is 1.72. The number of hydrogen-bond donors (Lipinski definition) is 1. The van der Waals surface area contributed by atoms with E-state index >= 15 is 0 Å². The van der Waals surface area contributed by atoms with Gasteiger partial charge in [-0.15, -0.1) is 0 Å². The molecule has 1 saturated heterocycles. The molecule has 0 bridgehead atoms. The fourth-order valence-electron chi connectivity index (χ4n) is 3.29. The molecule has 1 fully saturated rings. The first-order valence-electron chi connectivity index (χ1n) is 7.92. The van der Waals surface area contributed by atoms with Crippen molar-refractivity contribution in [1.82, 2.24) is 14.5 Å². The van der Waals surface area contributed by atoms with E-state index in [-0.39, 0.29) is 22.8 Å². The van der Waals surface area contributed by atoms with Crippen LogP contribution in [0.4, 0.5) is 5.95 Å². The van der Waals surface area contributed by atoms with Crippen LogP contribution >= 0.6 is 11.3 Å². The number of fused-ring (bicyclic) bond motifs is 1. The first-order valence-corrected chi connectivity index (χ1v) is 8.74. The lowest BCUT2D eigenvalue weighted by atomic mass is 9.93. The van der Waals surface area contributed by atoms with Crippen LogP contribution in [0.3, 0.4) is 0 Å². The van der Waals surface area contributed by atoms with Crippen LogP contribution in [0, 0.1) is 5.92 Å². The van der Waals surface area contributed by atoms with Crippen molar-refractivity contribution >= 4 is 33.6 Å². The van der Waals surface area contributed by atoms with Crippen molar-refractivity contribution in [3.63, 3.8) is 0 Å². The minimum absolute atomic E-state index is 0.0185. The predicted molar refractivity (Wildman–Crippen MR) is 89.6 cm³/mol. The van der Waals surface area contributed by atoms with Gasteiger partial charge in [0.05, 0.1) is 17.0 Å². The minimum Gasteiger partial charge on any atom is -0.457 e. The number of esters is 1.